The zero-order valence-corrected chi connectivity index (χ0v) is 10.4. The van der Waals surface area contributed by atoms with E-state index in [2.05, 4.69) is 5.48 Å². The summed E-state index contributed by atoms with van der Waals surface area (Å²) in [7, 11) is -1.32. The maximum absolute atomic E-state index is 11.0. The molecular weight excluding hydrogens is 226 g/mol. The monoisotopic (exact) mass is 243 g/mol. The van der Waals surface area contributed by atoms with Crippen LogP contribution in [0.2, 0.25) is 0 Å². The van der Waals surface area contributed by atoms with Crippen LogP contribution in [-0.2, 0) is 21.1 Å². The second kappa shape index (κ2) is 5.86. The van der Waals surface area contributed by atoms with Crippen molar-refractivity contribution in [2.75, 3.05) is 24.6 Å². The minimum Gasteiger partial charge on any atom is -0.279 e. The van der Waals surface area contributed by atoms with E-state index < -0.39 is 9.84 Å². The summed E-state index contributed by atoms with van der Waals surface area (Å²) in [5.41, 5.74) is 4.72. The predicted octanol–water partition coefficient (Wildman–Crippen LogP) is 1.64. The molecule has 4 nitrogen and oxygen atoms in total. The van der Waals surface area contributed by atoms with Gasteiger partial charge in [0, 0.05) is 6.26 Å². The second-order valence-corrected chi connectivity index (χ2v) is 5.96. The number of sulfone groups is 1. The Kier molecular flexibility index (Phi) is 4.76. The van der Waals surface area contributed by atoms with Crippen LogP contribution < -0.4 is 5.48 Å². The molecule has 0 fully saturated rings. The maximum Gasteiger partial charge on any atom is 0.147 e. The normalized spacial score (nSPS) is 11.4. The average molecular weight is 243 g/mol. The van der Waals surface area contributed by atoms with Gasteiger partial charge >= 0.3 is 0 Å². The molecule has 0 saturated carbocycles. The summed E-state index contributed by atoms with van der Waals surface area (Å²) in [6.07, 6.45) is 2.60. The van der Waals surface area contributed by atoms with Crippen LogP contribution in [0.5, 0.6) is 0 Å². The Labute approximate surface area is 96.5 Å². The minimum atomic E-state index is -2.87. The highest BCUT2D eigenvalue weighted by molar-refractivity contribution is 7.90. The Morgan fingerprint density at radius 2 is 2.00 bits per heavy atom. The summed E-state index contributed by atoms with van der Waals surface area (Å²) in [5.74, 6) is 0.217. The zero-order chi connectivity index (χ0) is 12.0. The van der Waals surface area contributed by atoms with Crippen molar-refractivity contribution < 1.29 is 13.3 Å². The van der Waals surface area contributed by atoms with Crippen LogP contribution in [0.15, 0.2) is 24.3 Å². The van der Waals surface area contributed by atoms with Crippen molar-refractivity contribution in [3.8, 4) is 0 Å². The smallest absolute Gasteiger partial charge is 0.147 e. The molecule has 0 atom stereocenters. The van der Waals surface area contributed by atoms with Crippen LogP contribution in [0.3, 0.4) is 0 Å². The molecule has 5 heteroatoms. The van der Waals surface area contributed by atoms with Crippen molar-refractivity contribution in [2.45, 2.75) is 12.8 Å². The lowest BCUT2D eigenvalue weighted by Gasteiger charge is -2.09. The molecule has 0 aliphatic carbocycles. The summed E-state index contributed by atoms with van der Waals surface area (Å²) in [6, 6.07) is 7.70. The highest BCUT2D eigenvalue weighted by Gasteiger charge is 2.05. The Bertz CT molecular complexity index is 429. The van der Waals surface area contributed by atoms with E-state index in [9.17, 15) is 8.42 Å². The van der Waals surface area contributed by atoms with E-state index in [1.807, 2.05) is 24.3 Å². The number of aryl methyl sites for hydroxylation is 1. The van der Waals surface area contributed by atoms with Crippen LogP contribution in [0.4, 0.5) is 5.69 Å². The molecule has 0 spiro atoms. The lowest BCUT2D eigenvalue weighted by molar-refractivity contribution is 0.270. The van der Waals surface area contributed by atoms with Crippen molar-refractivity contribution in [3.05, 3.63) is 29.8 Å². The van der Waals surface area contributed by atoms with Crippen LogP contribution in [0.25, 0.3) is 0 Å². The van der Waals surface area contributed by atoms with Gasteiger partial charge in [-0.15, -0.1) is 0 Å². The second-order valence-electron chi connectivity index (χ2n) is 3.70. The first kappa shape index (κ1) is 13.0. The van der Waals surface area contributed by atoms with Gasteiger partial charge in [-0.25, -0.2) is 8.42 Å². The predicted molar refractivity (Wildman–Crippen MR) is 65.1 cm³/mol. The third kappa shape index (κ3) is 4.63. The molecule has 0 amide bonds. The quantitative estimate of drug-likeness (QED) is 0.772. The molecule has 1 aromatic rings. The van der Waals surface area contributed by atoms with Gasteiger partial charge in [0.05, 0.1) is 18.6 Å². The van der Waals surface area contributed by atoms with Gasteiger partial charge in [0.1, 0.15) is 9.84 Å². The lowest BCUT2D eigenvalue weighted by Crippen LogP contribution is -2.05. The zero-order valence-electron chi connectivity index (χ0n) is 9.56. The summed E-state index contributed by atoms with van der Waals surface area (Å²) in [6.45, 7) is 0. The van der Waals surface area contributed by atoms with E-state index in [1.54, 1.807) is 7.11 Å². The van der Waals surface area contributed by atoms with Gasteiger partial charge in [-0.2, -0.15) is 0 Å². The molecular formula is C11H17NO3S. The summed E-state index contributed by atoms with van der Waals surface area (Å²) in [4.78, 5) is 4.85. The number of rotatable bonds is 6. The van der Waals surface area contributed by atoms with Gasteiger partial charge in [-0.3, -0.25) is 10.3 Å². The molecule has 16 heavy (non-hydrogen) atoms. The highest BCUT2D eigenvalue weighted by atomic mass is 32.2. The van der Waals surface area contributed by atoms with E-state index in [0.29, 0.717) is 6.42 Å². The van der Waals surface area contributed by atoms with E-state index >= 15 is 0 Å². The number of hydrogen-bond donors (Lipinski definition) is 1. The topological polar surface area (TPSA) is 55.4 Å². The molecule has 0 bridgehead atoms. The van der Waals surface area contributed by atoms with Crippen LogP contribution in [-0.4, -0.2) is 27.5 Å². The summed E-state index contributed by atoms with van der Waals surface area (Å²) < 4.78 is 22.0. The standard InChI is InChI=1S/C11H17NO3S/c1-15-12-11-8-4-3-6-10(11)7-5-9-16(2,13)14/h3-4,6,8,12H,5,7,9H2,1-2H3. The Hall–Kier alpha value is -1.07. The molecule has 1 aromatic carbocycles. The fourth-order valence-corrected chi connectivity index (χ4v) is 2.14. The largest absolute Gasteiger partial charge is 0.279 e. The molecule has 0 saturated heterocycles. The number of nitrogens with one attached hydrogen (secondary N) is 1. The molecule has 0 radical (unpaired) electrons. The Morgan fingerprint density at radius 3 is 2.62 bits per heavy atom. The molecule has 1 rings (SSSR count). The minimum absolute atomic E-state index is 0.217. The molecule has 0 aliphatic heterocycles. The first-order valence-corrected chi connectivity index (χ1v) is 7.13. The van der Waals surface area contributed by atoms with Crippen molar-refractivity contribution in [1.82, 2.24) is 0 Å². The first-order valence-electron chi connectivity index (χ1n) is 5.07. The number of para-hydroxylation sites is 1. The van der Waals surface area contributed by atoms with E-state index in [1.165, 1.54) is 6.26 Å². The fraction of sp³-hybridized carbons (Fsp3) is 0.455. The van der Waals surface area contributed by atoms with Gasteiger partial charge in [0.15, 0.2) is 0 Å². The third-order valence-corrected chi connectivity index (χ3v) is 3.22. The van der Waals surface area contributed by atoms with Crippen molar-refractivity contribution in [1.29, 1.82) is 0 Å². The average Bonchev–Trinajstić information content (AvgIpc) is 2.19. The van der Waals surface area contributed by atoms with E-state index in [0.717, 1.165) is 17.7 Å². The van der Waals surface area contributed by atoms with Crippen molar-refractivity contribution >= 4 is 15.5 Å². The van der Waals surface area contributed by atoms with Gasteiger partial charge in [0.25, 0.3) is 0 Å². The molecule has 90 valence electrons. The Morgan fingerprint density at radius 1 is 1.31 bits per heavy atom. The molecule has 1 N–H and O–H groups in total. The van der Waals surface area contributed by atoms with Crippen LogP contribution in [0.1, 0.15) is 12.0 Å². The maximum atomic E-state index is 11.0. The highest BCUT2D eigenvalue weighted by Crippen LogP contribution is 2.16. The van der Waals surface area contributed by atoms with E-state index in [-0.39, 0.29) is 5.75 Å². The SMILES string of the molecule is CONc1ccccc1CCCS(C)(=O)=O. The summed E-state index contributed by atoms with van der Waals surface area (Å²) >= 11 is 0. The number of anilines is 1. The lowest BCUT2D eigenvalue weighted by atomic mass is 10.1. The van der Waals surface area contributed by atoms with E-state index in [4.69, 9.17) is 4.84 Å². The molecule has 0 unspecified atom stereocenters. The molecule has 0 heterocycles. The number of hydrogen-bond acceptors (Lipinski definition) is 4. The van der Waals surface area contributed by atoms with Crippen molar-refractivity contribution in [3.63, 3.8) is 0 Å². The molecule has 0 aliphatic rings. The van der Waals surface area contributed by atoms with Gasteiger partial charge in [0.2, 0.25) is 0 Å². The summed E-state index contributed by atoms with van der Waals surface area (Å²) in [5, 5.41) is 0. The molecule has 0 aromatic heterocycles. The van der Waals surface area contributed by atoms with Gasteiger partial charge in [-0.1, -0.05) is 18.2 Å². The first-order chi connectivity index (χ1) is 7.53. The Balaban J connectivity index is 2.59. The fourth-order valence-electron chi connectivity index (χ4n) is 1.47. The van der Waals surface area contributed by atoms with Crippen LogP contribution in [0, 0.1) is 0 Å². The van der Waals surface area contributed by atoms with Gasteiger partial charge < -0.3 is 0 Å². The van der Waals surface area contributed by atoms with Gasteiger partial charge in [-0.05, 0) is 24.5 Å². The van der Waals surface area contributed by atoms with Crippen molar-refractivity contribution in [2.24, 2.45) is 0 Å². The third-order valence-electron chi connectivity index (χ3n) is 2.19. The van der Waals surface area contributed by atoms with Crippen LogP contribution >= 0.6 is 0 Å². The number of benzene rings is 1.